The van der Waals surface area contributed by atoms with E-state index in [1.807, 2.05) is 24.3 Å². The first kappa shape index (κ1) is 21.0. The average molecular weight is 383 g/mol. The van der Waals surface area contributed by atoms with Gasteiger partial charge in [-0.1, -0.05) is 18.6 Å². The lowest BCUT2D eigenvalue weighted by molar-refractivity contribution is -0.121. The number of hydrogen-bond donors (Lipinski definition) is 3. The van der Waals surface area contributed by atoms with Crippen LogP contribution >= 0.6 is 0 Å². The third-order valence-electron chi connectivity index (χ3n) is 4.00. The Morgan fingerprint density at radius 2 is 1.68 bits per heavy atom. The smallest absolute Gasteiger partial charge is 0.240 e. The largest absolute Gasteiger partial charge is 0.506 e. The van der Waals surface area contributed by atoms with E-state index in [0.717, 1.165) is 17.7 Å². The molecule has 2 aromatic rings. The maximum atomic E-state index is 11.8. The van der Waals surface area contributed by atoms with Gasteiger partial charge in [0.1, 0.15) is 11.5 Å². The minimum absolute atomic E-state index is 0.0442. The molecule has 2 aromatic carbocycles. The van der Waals surface area contributed by atoms with E-state index >= 15 is 0 Å². The fourth-order valence-electron chi connectivity index (χ4n) is 2.46. The Balaban J connectivity index is 1.57. The summed E-state index contributed by atoms with van der Waals surface area (Å²) in [5, 5.41) is 16.2. The van der Waals surface area contributed by atoms with Gasteiger partial charge in [-0.2, -0.15) is 5.10 Å². The van der Waals surface area contributed by atoms with E-state index in [-0.39, 0.29) is 17.6 Å². The Morgan fingerprint density at radius 3 is 2.36 bits per heavy atom. The second-order valence-corrected chi connectivity index (χ2v) is 6.19. The molecule has 0 spiro atoms. The van der Waals surface area contributed by atoms with Crippen molar-refractivity contribution in [1.82, 2.24) is 5.43 Å². The number of phenolic OH excluding ortho intramolecular Hbond substituents is 1. The molecule has 7 heteroatoms. The molecule has 148 valence electrons. The monoisotopic (exact) mass is 383 g/mol. The Morgan fingerprint density at radius 1 is 1.00 bits per heavy atom. The summed E-state index contributed by atoms with van der Waals surface area (Å²) in [6, 6.07) is 13.9. The van der Waals surface area contributed by atoms with Gasteiger partial charge in [0.2, 0.25) is 11.8 Å². The second kappa shape index (κ2) is 11.4. The number of carbonyl (C=O) groups is 2. The van der Waals surface area contributed by atoms with Crippen LogP contribution in [0, 0.1) is 0 Å². The zero-order valence-electron chi connectivity index (χ0n) is 15.9. The van der Waals surface area contributed by atoms with Gasteiger partial charge in [0, 0.05) is 12.8 Å². The number of nitrogens with one attached hydrogen (secondary N) is 2. The number of phenols is 1. The van der Waals surface area contributed by atoms with Gasteiger partial charge in [-0.3, -0.25) is 9.59 Å². The van der Waals surface area contributed by atoms with E-state index < -0.39 is 0 Å². The molecule has 0 saturated heterocycles. The van der Waals surface area contributed by atoms with Crippen molar-refractivity contribution >= 4 is 23.7 Å². The molecule has 0 aromatic heterocycles. The zero-order chi connectivity index (χ0) is 20.2. The molecule has 0 heterocycles. The number of para-hydroxylation sites is 2. The molecule has 28 heavy (non-hydrogen) atoms. The minimum Gasteiger partial charge on any atom is -0.506 e. The molecule has 0 aliphatic carbocycles. The van der Waals surface area contributed by atoms with Crippen molar-refractivity contribution in [3.63, 3.8) is 0 Å². The van der Waals surface area contributed by atoms with Crippen molar-refractivity contribution in [2.24, 2.45) is 5.10 Å². The van der Waals surface area contributed by atoms with Crippen molar-refractivity contribution in [3.8, 4) is 11.5 Å². The first-order valence-electron chi connectivity index (χ1n) is 9.12. The Bertz CT molecular complexity index is 804. The molecule has 0 unspecified atom stereocenters. The molecule has 0 bridgehead atoms. The Kier molecular flexibility index (Phi) is 8.52. The van der Waals surface area contributed by atoms with Gasteiger partial charge in [-0.25, -0.2) is 5.43 Å². The van der Waals surface area contributed by atoms with E-state index in [1.165, 1.54) is 6.07 Å². The highest BCUT2D eigenvalue weighted by molar-refractivity contribution is 5.92. The molecular weight excluding hydrogens is 358 g/mol. The number of hydrazone groups is 1. The van der Waals surface area contributed by atoms with E-state index in [1.54, 1.807) is 31.5 Å². The lowest BCUT2D eigenvalue weighted by Gasteiger charge is -2.06. The van der Waals surface area contributed by atoms with Crippen LogP contribution in [0.2, 0.25) is 0 Å². The molecule has 0 aliphatic rings. The maximum absolute atomic E-state index is 11.8. The van der Waals surface area contributed by atoms with Crippen LogP contribution in [0.1, 0.15) is 37.7 Å². The lowest BCUT2D eigenvalue weighted by atomic mass is 10.1. The number of anilines is 1. The van der Waals surface area contributed by atoms with Crippen molar-refractivity contribution in [2.75, 3.05) is 12.4 Å². The van der Waals surface area contributed by atoms with Crippen molar-refractivity contribution < 1.29 is 19.4 Å². The van der Waals surface area contributed by atoms with Crippen LogP contribution in [-0.4, -0.2) is 30.2 Å². The molecule has 0 saturated carbocycles. The van der Waals surface area contributed by atoms with Gasteiger partial charge in [-0.05, 0) is 54.8 Å². The molecule has 3 N–H and O–H groups in total. The summed E-state index contributed by atoms with van der Waals surface area (Å²) in [5.41, 5.74) is 3.75. The number of rotatable bonds is 10. The number of benzene rings is 2. The summed E-state index contributed by atoms with van der Waals surface area (Å²) in [6.07, 6.45) is 4.35. The van der Waals surface area contributed by atoms with E-state index in [9.17, 15) is 14.7 Å². The predicted octanol–water partition coefficient (Wildman–Crippen LogP) is 3.44. The summed E-state index contributed by atoms with van der Waals surface area (Å²) in [5.74, 6) is 0.483. The minimum atomic E-state index is -0.163. The quantitative estimate of drug-likeness (QED) is 0.253. The van der Waals surface area contributed by atoms with Gasteiger partial charge >= 0.3 is 0 Å². The summed E-state index contributed by atoms with van der Waals surface area (Å²) in [4.78, 5) is 23.6. The molecule has 7 nitrogen and oxygen atoms in total. The molecule has 0 radical (unpaired) electrons. The average Bonchev–Trinajstić information content (AvgIpc) is 2.70. The first-order chi connectivity index (χ1) is 13.6. The van der Waals surface area contributed by atoms with Gasteiger partial charge in [0.25, 0.3) is 0 Å². The normalized spacial score (nSPS) is 10.6. The standard InChI is InChI=1S/C21H25N3O4/c1-28-17-13-11-16(12-14-17)15-22-24-21(27)10-4-2-3-9-20(26)23-18-7-5-6-8-19(18)25/h5-8,11-15,25H,2-4,9-10H2,1H3,(H,23,26)(H,24,27)/b22-15+. The molecule has 2 rings (SSSR count). The van der Waals surface area contributed by atoms with Crippen LogP contribution in [0.25, 0.3) is 0 Å². The fraction of sp³-hybridized carbons (Fsp3) is 0.286. The van der Waals surface area contributed by atoms with Crippen LogP contribution in [0.15, 0.2) is 53.6 Å². The molecular formula is C21H25N3O4. The Labute approximate surface area is 164 Å². The van der Waals surface area contributed by atoms with Crippen molar-refractivity contribution in [1.29, 1.82) is 0 Å². The highest BCUT2D eigenvalue weighted by Crippen LogP contribution is 2.21. The maximum Gasteiger partial charge on any atom is 0.240 e. The number of unbranched alkanes of at least 4 members (excludes halogenated alkanes) is 2. The second-order valence-electron chi connectivity index (χ2n) is 6.19. The van der Waals surface area contributed by atoms with E-state index in [0.29, 0.717) is 31.4 Å². The van der Waals surface area contributed by atoms with Crippen LogP contribution in [0.3, 0.4) is 0 Å². The third kappa shape index (κ3) is 7.49. The molecule has 2 amide bonds. The van der Waals surface area contributed by atoms with E-state index in [2.05, 4.69) is 15.8 Å². The number of methoxy groups -OCH3 is 1. The highest BCUT2D eigenvalue weighted by atomic mass is 16.5. The first-order valence-corrected chi connectivity index (χ1v) is 9.12. The number of carbonyl (C=O) groups excluding carboxylic acids is 2. The summed E-state index contributed by atoms with van der Waals surface area (Å²) < 4.78 is 5.08. The zero-order valence-corrected chi connectivity index (χ0v) is 15.9. The predicted molar refractivity (Wildman–Crippen MR) is 109 cm³/mol. The van der Waals surface area contributed by atoms with Crippen LogP contribution < -0.4 is 15.5 Å². The van der Waals surface area contributed by atoms with E-state index in [4.69, 9.17) is 4.74 Å². The van der Waals surface area contributed by atoms with Crippen molar-refractivity contribution in [2.45, 2.75) is 32.1 Å². The molecule has 0 fully saturated rings. The Hall–Kier alpha value is -3.35. The topological polar surface area (TPSA) is 100 Å². The SMILES string of the molecule is COc1ccc(/C=N/NC(=O)CCCCCC(=O)Nc2ccccc2O)cc1. The third-order valence-corrected chi connectivity index (χ3v) is 4.00. The van der Waals surface area contributed by atoms with Gasteiger partial charge in [0.05, 0.1) is 19.0 Å². The lowest BCUT2D eigenvalue weighted by Crippen LogP contribution is -2.17. The van der Waals surface area contributed by atoms with Gasteiger partial charge < -0.3 is 15.2 Å². The summed E-state index contributed by atoms with van der Waals surface area (Å²) >= 11 is 0. The number of amides is 2. The number of aromatic hydroxyl groups is 1. The van der Waals surface area contributed by atoms with Crippen molar-refractivity contribution in [3.05, 3.63) is 54.1 Å². The summed E-state index contributed by atoms with van der Waals surface area (Å²) in [6.45, 7) is 0. The van der Waals surface area contributed by atoms with Crippen LogP contribution in [0.4, 0.5) is 5.69 Å². The molecule has 0 aliphatic heterocycles. The highest BCUT2D eigenvalue weighted by Gasteiger charge is 2.06. The van der Waals surface area contributed by atoms with Crippen LogP contribution in [0.5, 0.6) is 11.5 Å². The van der Waals surface area contributed by atoms with Gasteiger partial charge in [0.15, 0.2) is 0 Å². The fourth-order valence-corrected chi connectivity index (χ4v) is 2.46. The van der Waals surface area contributed by atoms with Gasteiger partial charge in [-0.15, -0.1) is 0 Å². The molecule has 0 atom stereocenters. The number of ether oxygens (including phenoxy) is 1. The van der Waals surface area contributed by atoms with Crippen LogP contribution in [-0.2, 0) is 9.59 Å². The summed E-state index contributed by atoms with van der Waals surface area (Å²) in [7, 11) is 1.60. The number of hydrogen-bond acceptors (Lipinski definition) is 5. The number of nitrogens with zero attached hydrogens (tertiary/aromatic N) is 1.